The fourth-order valence-electron chi connectivity index (χ4n) is 3.74. The maximum atomic E-state index is 12.9. The van der Waals surface area contributed by atoms with Crippen molar-refractivity contribution in [3.63, 3.8) is 0 Å². The smallest absolute Gasteiger partial charge is 0.274 e. The Balaban J connectivity index is 1.83. The molecule has 1 N–H and O–H groups in total. The largest absolute Gasteiger partial charge is 0.375 e. The second-order valence-corrected chi connectivity index (χ2v) is 8.91. The summed E-state index contributed by atoms with van der Waals surface area (Å²) in [5, 5.41) is 6.93. The van der Waals surface area contributed by atoms with Crippen LogP contribution in [0.4, 0.5) is 0 Å². The first-order valence-electron chi connectivity index (χ1n) is 8.70. The van der Waals surface area contributed by atoms with Gasteiger partial charge in [-0.2, -0.15) is 5.10 Å². The number of sulfone groups is 1. The van der Waals surface area contributed by atoms with Gasteiger partial charge in [0.2, 0.25) is 5.91 Å². The Labute approximate surface area is 152 Å². The van der Waals surface area contributed by atoms with Crippen molar-refractivity contribution >= 4 is 21.7 Å². The van der Waals surface area contributed by atoms with E-state index in [0.717, 1.165) is 18.5 Å². The molecule has 3 heterocycles. The molecule has 0 aromatic carbocycles. The number of methoxy groups -OCH3 is 1. The lowest BCUT2D eigenvalue weighted by Crippen LogP contribution is -2.62. The Morgan fingerprint density at radius 3 is 2.58 bits per heavy atom. The van der Waals surface area contributed by atoms with Gasteiger partial charge in [0.15, 0.2) is 9.84 Å². The van der Waals surface area contributed by atoms with Gasteiger partial charge in [0.25, 0.3) is 5.91 Å². The first-order valence-corrected chi connectivity index (χ1v) is 10.5. The third-order valence-electron chi connectivity index (χ3n) is 4.89. The molecule has 2 saturated heterocycles. The predicted molar refractivity (Wildman–Crippen MR) is 93.4 cm³/mol. The molecule has 9 nitrogen and oxygen atoms in total. The molecule has 2 aliphatic rings. The number of nitrogens with zero attached hydrogens (tertiary/aromatic N) is 3. The molecule has 2 atom stereocenters. The SMILES string of the molecule is CCCc1cc(C(=O)N2CCN(C(=O)COC)[C@@H]3CS(=O)(=O)C[C@@H]32)n[nH]1. The molecular formula is C16H24N4O5S. The van der Waals surface area contributed by atoms with E-state index in [1.54, 1.807) is 11.0 Å². The van der Waals surface area contributed by atoms with Gasteiger partial charge in [-0.1, -0.05) is 13.3 Å². The van der Waals surface area contributed by atoms with E-state index in [1.165, 1.54) is 12.0 Å². The average molecular weight is 384 g/mol. The number of H-pyrrole nitrogens is 1. The predicted octanol–water partition coefficient (Wildman–Crippen LogP) is -0.541. The van der Waals surface area contributed by atoms with Gasteiger partial charge in [0.05, 0.1) is 23.6 Å². The standard InChI is InChI=1S/C16H24N4O5S/c1-3-4-11-7-12(18-17-11)16(22)20-6-5-19(15(21)8-25-2)13-9-26(23,24)10-14(13)20/h7,13-14H,3-6,8-10H2,1-2H3,(H,17,18)/t13-,14+/m1/s1. The van der Waals surface area contributed by atoms with Crippen LogP contribution in [0, 0.1) is 0 Å². The van der Waals surface area contributed by atoms with Crippen molar-refractivity contribution in [2.24, 2.45) is 0 Å². The monoisotopic (exact) mass is 384 g/mol. The normalized spacial score (nSPS) is 24.5. The van der Waals surface area contributed by atoms with Crippen LogP contribution in [0.2, 0.25) is 0 Å². The summed E-state index contributed by atoms with van der Waals surface area (Å²) in [6.07, 6.45) is 1.72. The zero-order valence-electron chi connectivity index (χ0n) is 15.0. The number of aryl methyl sites for hydroxylation is 1. The molecule has 0 spiro atoms. The highest BCUT2D eigenvalue weighted by Gasteiger charge is 2.49. The molecule has 0 bridgehead atoms. The Bertz CT molecular complexity index is 790. The lowest BCUT2D eigenvalue weighted by molar-refractivity contribution is -0.140. The maximum Gasteiger partial charge on any atom is 0.274 e. The first kappa shape index (κ1) is 18.8. The maximum absolute atomic E-state index is 12.9. The Kier molecular flexibility index (Phi) is 5.33. The fourth-order valence-corrected chi connectivity index (χ4v) is 5.72. The number of rotatable bonds is 5. The second kappa shape index (κ2) is 7.36. The number of nitrogens with one attached hydrogen (secondary N) is 1. The van der Waals surface area contributed by atoms with Gasteiger partial charge in [-0.3, -0.25) is 14.7 Å². The van der Waals surface area contributed by atoms with Crippen LogP contribution in [0.3, 0.4) is 0 Å². The lowest BCUT2D eigenvalue weighted by Gasteiger charge is -2.43. The number of aromatic amines is 1. The number of aromatic nitrogens is 2. The minimum Gasteiger partial charge on any atom is -0.375 e. The fraction of sp³-hybridized carbons (Fsp3) is 0.688. The molecule has 26 heavy (non-hydrogen) atoms. The van der Waals surface area contributed by atoms with Gasteiger partial charge >= 0.3 is 0 Å². The van der Waals surface area contributed by atoms with E-state index in [-0.39, 0.29) is 48.7 Å². The number of hydrogen-bond acceptors (Lipinski definition) is 6. The van der Waals surface area contributed by atoms with E-state index < -0.39 is 21.9 Å². The molecule has 0 unspecified atom stereocenters. The van der Waals surface area contributed by atoms with E-state index >= 15 is 0 Å². The third-order valence-corrected chi connectivity index (χ3v) is 6.59. The van der Waals surface area contributed by atoms with Gasteiger partial charge in [0.1, 0.15) is 12.3 Å². The van der Waals surface area contributed by atoms with Crippen LogP contribution in [0.25, 0.3) is 0 Å². The van der Waals surface area contributed by atoms with E-state index in [2.05, 4.69) is 10.2 Å². The molecule has 3 rings (SSSR count). The number of hydrogen-bond donors (Lipinski definition) is 1. The number of piperazine rings is 1. The van der Waals surface area contributed by atoms with Crippen LogP contribution in [0.15, 0.2) is 6.07 Å². The minimum absolute atomic E-state index is 0.100. The van der Waals surface area contributed by atoms with Crippen LogP contribution in [-0.2, 0) is 25.8 Å². The third kappa shape index (κ3) is 3.61. The van der Waals surface area contributed by atoms with Gasteiger partial charge in [-0.25, -0.2) is 8.42 Å². The highest BCUT2D eigenvalue weighted by Crippen LogP contribution is 2.28. The summed E-state index contributed by atoms with van der Waals surface area (Å²) in [6.45, 7) is 2.50. The zero-order chi connectivity index (χ0) is 18.9. The minimum atomic E-state index is -3.32. The number of carbonyl (C=O) groups is 2. The molecular weight excluding hydrogens is 360 g/mol. The van der Waals surface area contributed by atoms with Gasteiger partial charge in [-0.15, -0.1) is 0 Å². The van der Waals surface area contributed by atoms with Crippen molar-refractivity contribution in [3.05, 3.63) is 17.5 Å². The molecule has 1 aromatic rings. The number of amides is 2. The molecule has 10 heteroatoms. The summed E-state index contributed by atoms with van der Waals surface area (Å²) in [6, 6.07) is 0.634. The van der Waals surface area contributed by atoms with Crippen molar-refractivity contribution in [3.8, 4) is 0 Å². The Hall–Kier alpha value is -1.94. The summed E-state index contributed by atoms with van der Waals surface area (Å²) in [5.41, 5.74) is 1.16. The van der Waals surface area contributed by atoms with Crippen LogP contribution < -0.4 is 0 Å². The summed E-state index contributed by atoms with van der Waals surface area (Å²) in [7, 11) is -1.90. The van der Waals surface area contributed by atoms with E-state index in [9.17, 15) is 18.0 Å². The Morgan fingerprint density at radius 1 is 1.27 bits per heavy atom. The van der Waals surface area contributed by atoms with Gasteiger partial charge in [0, 0.05) is 25.9 Å². The van der Waals surface area contributed by atoms with Crippen molar-refractivity contribution in [2.45, 2.75) is 31.8 Å². The average Bonchev–Trinajstić information content (AvgIpc) is 3.16. The van der Waals surface area contributed by atoms with Crippen molar-refractivity contribution in [1.29, 1.82) is 0 Å². The highest BCUT2D eigenvalue weighted by molar-refractivity contribution is 7.91. The zero-order valence-corrected chi connectivity index (χ0v) is 15.8. The molecule has 0 saturated carbocycles. The molecule has 1 aromatic heterocycles. The van der Waals surface area contributed by atoms with Crippen molar-refractivity contribution < 1.29 is 22.7 Å². The number of ether oxygens (including phenoxy) is 1. The van der Waals surface area contributed by atoms with Crippen LogP contribution in [0.5, 0.6) is 0 Å². The van der Waals surface area contributed by atoms with Crippen molar-refractivity contribution in [2.75, 3.05) is 38.3 Å². The molecule has 2 fully saturated rings. The number of carbonyl (C=O) groups excluding carboxylic acids is 2. The lowest BCUT2D eigenvalue weighted by atomic mass is 10.0. The van der Waals surface area contributed by atoms with E-state index in [4.69, 9.17) is 4.74 Å². The van der Waals surface area contributed by atoms with Crippen LogP contribution in [0.1, 0.15) is 29.5 Å². The van der Waals surface area contributed by atoms with Gasteiger partial charge < -0.3 is 14.5 Å². The molecule has 2 amide bonds. The summed E-state index contributed by atoms with van der Waals surface area (Å²) in [5.74, 6) is -0.809. The molecule has 0 aliphatic carbocycles. The summed E-state index contributed by atoms with van der Waals surface area (Å²) < 4.78 is 29.3. The van der Waals surface area contributed by atoms with Crippen LogP contribution >= 0.6 is 0 Å². The van der Waals surface area contributed by atoms with Crippen LogP contribution in [-0.4, -0.2) is 90.6 Å². The summed E-state index contributed by atoms with van der Waals surface area (Å²) >= 11 is 0. The number of fused-ring (bicyclic) bond motifs is 1. The Morgan fingerprint density at radius 2 is 1.92 bits per heavy atom. The van der Waals surface area contributed by atoms with Crippen molar-refractivity contribution in [1.82, 2.24) is 20.0 Å². The quantitative estimate of drug-likeness (QED) is 0.729. The molecule has 144 valence electrons. The molecule has 0 radical (unpaired) electrons. The topological polar surface area (TPSA) is 113 Å². The first-order chi connectivity index (χ1) is 12.4. The van der Waals surface area contributed by atoms with Gasteiger partial charge in [-0.05, 0) is 12.5 Å². The summed E-state index contributed by atoms with van der Waals surface area (Å²) in [4.78, 5) is 28.2. The second-order valence-electron chi connectivity index (χ2n) is 6.76. The highest BCUT2D eigenvalue weighted by atomic mass is 32.2. The molecule has 2 aliphatic heterocycles. The van der Waals surface area contributed by atoms with E-state index in [0.29, 0.717) is 0 Å². The van der Waals surface area contributed by atoms with E-state index in [1.807, 2.05) is 6.92 Å².